The summed E-state index contributed by atoms with van der Waals surface area (Å²) in [4.78, 5) is 26.5. The van der Waals surface area contributed by atoms with Crippen LogP contribution < -0.4 is 4.90 Å². The lowest BCUT2D eigenvalue weighted by Crippen LogP contribution is -2.49. The van der Waals surface area contributed by atoms with Crippen LogP contribution in [0.3, 0.4) is 0 Å². The lowest BCUT2D eigenvalue weighted by atomic mass is 10.0. The summed E-state index contributed by atoms with van der Waals surface area (Å²) in [5, 5.41) is 20.1. The van der Waals surface area contributed by atoms with Gasteiger partial charge in [-0.3, -0.25) is 10.1 Å². The fourth-order valence-corrected chi connectivity index (χ4v) is 3.07. The van der Waals surface area contributed by atoms with Gasteiger partial charge in [-0.05, 0) is 45.7 Å². The average molecular weight is 365 g/mol. The molecule has 1 aliphatic rings. The van der Waals surface area contributed by atoms with Crippen molar-refractivity contribution in [3.05, 3.63) is 34.4 Å². The van der Waals surface area contributed by atoms with Gasteiger partial charge in [0.15, 0.2) is 0 Å². The number of rotatable bonds is 5. The molecule has 0 aromatic heterocycles. The summed E-state index contributed by atoms with van der Waals surface area (Å²) in [7, 11) is 0. The number of carbonyl (C=O) groups is 1. The molecule has 0 saturated carbocycles. The lowest BCUT2D eigenvalue weighted by molar-refractivity contribution is -0.384. The number of non-ortho nitro benzene ring substituents is 1. The molecule has 8 heteroatoms. The van der Waals surface area contributed by atoms with Gasteiger partial charge in [0.25, 0.3) is 5.69 Å². The molecule has 1 fully saturated rings. The summed E-state index contributed by atoms with van der Waals surface area (Å²) < 4.78 is 5.45. The monoisotopic (exact) mass is 365 g/mol. The molecule has 144 valence electrons. The van der Waals surface area contributed by atoms with Gasteiger partial charge in [-0.2, -0.15) is 0 Å². The summed E-state index contributed by atoms with van der Waals surface area (Å²) in [6.45, 7) is 7.05. The Morgan fingerprint density at radius 2 is 1.88 bits per heavy atom. The first kappa shape index (κ1) is 20.0. The minimum atomic E-state index is -0.579. The Hall–Kier alpha value is -2.35. The van der Waals surface area contributed by atoms with Crippen LogP contribution in [-0.2, 0) is 4.74 Å². The van der Waals surface area contributed by atoms with E-state index in [-0.39, 0.29) is 24.9 Å². The number of benzene rings is 1. The number of nitro benzene ring substituents is 1. The average Bonchev–Trinajstić information content (AvgIpc) is 2.58. The second-order valence-electron chi connectivity index (χ2n) is 7.39. The topological polar surface area (TPSA) is 96.2 Å². The second-order valence-corrected chi connectivity index (χ2v) is 7.39. The first-order chi connectivity index (χ1) is 12.2. The molecule has 1 heterocycles. The number of carbonyl (C=O) groups excluding carboxylic acids is 1. The van der Waals surface area contributed by atoms with Gasteiger partial charge in [0, 0.05) is 43.5 Å². The third-order valence-electron chi connectivity index (χ3n) is 4.30. The summed E-state index contributed by atoms with van der Waals surface area (Å²) in [6.07, 6.45) is 1.09. The Labute approximate surface area is 153 Å². The molecule has 0 bridgehead atoms. The Balaban J connectivity index is 1.98. The van der Waals surface area contributed by atoms with E-state index in [4.69, 9.17) is 4.74 Å². The van der Waals surface area contributed by atoms with Gasteiger partial charge in [0.2, 0.25) is 0 Å². The maximum Gasteiger partial charge on any atom is 0.410 e. The zero-order valence-corrected chi connectivity index (χ0v) is 15.6. The van der Waals surface area contributed by atoms with Crippen molar-refractivity contribution in [3.63, 3.8) is 0 Å². The third-order valence-corrected chi connectivity index (χ3v) is 4.30. The molecule has 0 aliphatic carbocycles. The van der Waals surface area contributed by atoms with E-state index >= 15 is 0 Å². The Morgan fingerprint density at radius 3 is 2.35 bits per heavy atom. The van der Waals surface area contributed by atoms with Crippen LogP contribution in [-0.4, -0.2) is 58.9 Å². The van der Waals surface area contributed by atoms with Crippen LogP contribution in [0.4, 0.5) is 16.2 Å². The van der Waals surface area contributed by atoms with Crippen LogP contribution in [0.1, 0.15) is 33.6 Å². The highest BCUT2D eigenvalue weighted by Gasteiger charge is 2.30. The molecule has 0 spiro atoms. The predicted octanol–water partition coefficient (Wildman–Crippen LogP) is 2.79. The normalized spacial score (nSPS) is 15.6. The zero-order valence-electron chi connectivity index (χ0n) is 15.6. The number of hydrogen-bond acceptors (Lipinski definition) is 6. The molecule has 1 aromatic carbocycles. The van der Waals surface area contributed by atoms with E-state index in [1.165, 1.54) is 12.1 Å². The number of anilines is 1. The molecule has 1 N–H and O–H groups in total. The molecule has 1 aromatic rings. The van der Waals surface area contributed by atoms with Gasteiger partial charge in [-0.25, -0.2) is 4.79 Å². The van der Waals surface area contributed by atoms with E-state index in [0.717, 1.165) is 31.6 Å². The van der Waals surface area contributed by atoms with E-state index in [1.807, 2.05) is 20.8 Å². The van der Waals surface area contributed by atoms with Gasteiger partial charge in [0.05, 0.1) is 11.5 Å². The molecule has 26 heavy (non-hydrogen) atoms. The highest BCUT2D eigenvalue weighted by atomic mass is 16.6. The molecule has 1 aliphatic heterocycles. The molecular formula is C18H27N3O5. The largest absolute Gasteiger partial charge is 0.444 e. The Kier molecular flexibility index (Phi) is 6.42. The molecule has 0 radical (unpaired) electrons. The fraction of sp³-hybridized carbons (Fsp3) is 0.611. The predicted molar refractivity (Wildman–Crippen MR) is 98.4 cm³/mol. The second kappa shape index (κ2) is 8.35. The number of hydrogen-bond donors (Lipinski definition) is 1. The maximum absolute atomic E-state index is 12.4. The summed E-state index contributed by atoms with van der Waals surface area (Å²) >= 11 is 0. The van der Waals surface area contributed by atoms with Crippen molar-refractivity contribution in [2.24, 2.45) is 0 Å². The van der Waals surface area contributed by atoms with Crippen molar-refractivity contribution < 1.29 is 19.6 Å². The minimum absolute atomic E-state index is 0.00583. The number of aliphatic hydroxyl groups excluding tert-OH is 1. The molecular weight excluding hydrogens is 338 g/mol. The first-order valence-electron chi connectivity index (χ1n) is 8.81. The van der Waals surface area contributed by atoms with Crippen LogP contribution in [0.5, 0.6) is 0 Å². The maximum atomic E-state index is 12.4. The molecule has 2 rings (SSSR count). The van der Waals surface area contributed by atoms with E-state index in [2.05, 4.69) is 4.90 Å². The van der Waals surface area contributed by atoms with Gasteiger partial charge < -0.3 is 19.6 Å². The molecule has 8 nitrogen and oxygen atoms in total. The Bertz CT molecular complexity index is 619. The summed E-state index contributed by atoms with van der Waals surface area (Å²) in [6, 6.07) is 6.50. The van der Waals surface area contributed by atoms with E-state index in [1.54, 1.807) is 17.0 Å². The van der Waals surface area contributed by atoms with Crippen LogP contribution >= 0.6 is 0 Å². The summed E-state index contributed by atoms with van der Waals surface area (Å²) in [5.74, 6) is 0. The highest BCUT2D eigenvalue weighted by Crippen LogP contribution is 2.25. The van der Waals surface area contributed by atoms with E-state index < -0.39 is 16.6 Å². The van der Waals surface area contributed by atoms with Crippen LogP contribution in [0, 0.1) is 10.1 Å². The number of nitrogens with zero attached hydrogens (tertiary/aromatic N) is 3. The number of piperidine rings is 1. The van der Waals surface area contributed by atoms with Crippen molar-refractivity contribution in [1.82, 2.24) is 4.90 Å². The van der Waals surface area contributed by atoms with E-state index in [0.29, 0.717) is 0 Å². The van der Waals surface area contributed by atoms with Crippen LogP contribution in [0.15, 0.2) is 24.3 Å². The molecule has 0 atom stereocenters. The number of ether oxygens (including phenoxy) is 1. The van der Waals surface area contributed by atoms with Crippen molar-refractivity contribution in [2.45, 2.75) is 45.3 Å². The number of nitro groups is 1. The van der Waals surface area contributed by atoms with Crippen molar-refractivity contribution in [1.29, 1.82) is 0 Å². The zero-order chi connectivity index (χ0) is 19.3. The van der Waals surface area contributed by atoms with Crippen molar-refractivity contribution in [3.8, 4) is 0 Å². The Morgan fingerprint density at radius 1 is 1.31 bits per heavy atom. The summed E-state index contributed by atoms with van der Waals surface area (Å²) in [5.41, 5.74) is 0.423. The first-order valence-corrected chi connectivity index (χ1v) is 8.81. The highest BCUT2D eigenvalue weighted by molar-refractivity contribution is 5.68. The van der Waals surface area contributed by atoms with Gasteiger partial charge in [0.1, 0.15) is 5.60 Å². The fourth-order valence-electron chi connectivity index (χ4n) is 3.07. The van der Waals surface area contributed by atoms with E-state index in [9.17, 15) is 20.0 Å². The lowest BCUT2D eigenvalue weighted by Gasteiger charge is -2.39. The van der Waals surface area contributed by atoms with Gasteiger partial charge >= 0.3 is 6.09 Å². The molecule has 1 saturated heterocycles. The molecule has 0 unspecified atom stereocenters. The smallest absolute Gasteiger partial charge is 0.410 e. The van der Waals surface area contributed by atoms with Crippen LogP contribution in [0.2, 0.25) is 0 Å². The minimum Gasteiger partial charge on any atom is -0.444 e. The van der Waals surface area contributed by atoms with Gasteiger partial charge in [-0.1, -0.05) is 0 Å². The third kappa shape index (κ3) is 5.32. The quantitative estimate of drug-likeness (QED) is 0.637. The van der Waals surface area contributed by atoms with Crippen molar-refractivity contribution in [2.75, 3.05) is 31.1 Å². The number of aliphatic hydroxyl groups is 1. The van der Waals surface area contributed by atoms with Gasteiger partial charge in [-0.15, -0.1) is 0 Å². The van der Waals surface area contributed by atoms with Crippen LogP contribution in [0.25, 0.3) is 0 Å². The number of amides is 1. The molecule has 1 amide bonds. The SMILES string of the molecule is CC(C)(C)OC(=O)N(CCO)C1CCN(c2ccc([N+](=O)[O-])cc2)CC1. The van der Waals surface area contributed by atoms with Crippen molar-refractivity contribution >= 4 is 17.5 Å². The standard InChI is InChI=1S/C18H27N3O5/c1-18(2,3)26-17(23)20(12-13-22)15-8-10-19(11-9-15)14-4-6-16(7-5-14)21(24)25/h4-7,15,22H,8-13H2,1-3H3.